The average Bonchev–Trinajstić information content (AvgIpc) is 2.57. The Morgan fingerprint density at radius 1 is 1.43 bits per heavy atom. The van der Waals surface area contributed by atoms with E-state index >= 15 is 0 Å². The summed E-state index contributed by atoms with van der Waals surface area (Å²) in [5.41, 5.74) is 6.39. The number of aromatic nitrogens is 1. The Balaban J connectivity index is 2.40. The van der Waals surface area contributed by atoms with Gasteiger partial charge in [0.2, 0.25) is 11.8 Å². The third-order valence-corrected chi connectivity index (χ3v) is 1.70. The molecular weight excluding hydrogens is 180 g/mol. The zero-order chi connectivity index (χ0) is 9.97. The molecule has 0 saturated heterocycles. The van der Waals surface area contributed by atoms with Gasteiger partial charge < -0.3 is 10.2 Å². The molecule has 1 amide bonds. The van der Waals surface area contributed by atoms with Crippen molar-refractivity contribution >= 4 is 23.1 Å². The van der Waals surface area contributed by atoms with Crippen molar-refractivity contribution in [1.82, 2.24) is 4.98 Å². The molecule has 2 aromatic rings. The Labute approximate surface area is 80.0 Å². The highest BCUT2D eigenvalue weighted by Crippen LogP contribution is 2.15. The fraction of sp³-hybridized carbons (Fsp3) is 0. The van der Waals surface area contributed by atoms with Crippen LogP contribution in [0.5, 0.6) is 0 Å². The molecule has 4 nitrogen and oxygen atoms in total. The van der Waals surface area contributed by atoms with Crippen LogP contribution in [0.15, 0.2) is 34.8 Å². The average molecular weight is 188 g/mol. The van der Waals surface area contributed by atoms with Crippen LogP contribution in [-0.2, 0) is 4.79 Å². The molecule has 0 spiro atoms. The second kappa shape index (κ2) is 3.33. The summed E-state index contributed by atoms with van der Waals surface area (Å²) in [6, 6.07) is 7.37. The van der Waals surface area contributed by atoms with Crippen LogP contribution in [0.1, 0.15) is 5.89 Å². The number of fused-ring (bicyclic) bond motifs is 1. The predicted octanol–water partition coefficient (Wildman–Crippen LogP) is 1.33. The topological polar surface area (TPSA) is 69.1 Å². The molecule has 0 radical (unpaired) electrons. The fourth-order valence-corrected chi connectivity index (χ4v) is 1.11. The second-order valence-electron chi connectivity index (χ2n) is 2.76. The highest BCUT2D eigenvalue weighted by Gasteiger charge is 2.00. The van der Waals surface area contributed by atoms with Crippen molar-refractivity contribution in [3.63, 3.8) is 0 Å². The van der Waals surface area contributed by atoms with Crippen LogP contribution in [0.25, 0.3) is 17.2 Å². The molecule has 1 aromatic heterocycles. The summed E-state index contributed by atoms with van der Waals surface area (Å²) >= 11 is 0. The van der Waals surface area contributed by atoms with E-state index in [9.17, 15) is 4.79 Å². The molecule has 2 rings (SSSR count). The van der Waals surface area contributed by atoms with Gasteiger partial charge in [0.05, 0.1) is 0 Å². The number of para-hydroxylation sites is 2. The molecule has 4 heteroatoms. The van der Waals surface area contributed by atoms with Gasteiger partial charge in [-0.2, -0.15) is 0 Å². The van der Waals surface area contributed by atoms with E-state index in [0.717, 1.165) is 5.52 Å². The minimum atomic E-state index is -0.521. The summed E-state index contributed by atoms with van der Waals surface area (Å²) in [4.78, 5) is 14.6. The molecule has 1 aromatic carbocycles. The van der Waals surface area contributed by atoms with Crippen LogP contribution in [0.3, 0.4) is 0 Å². The molecule has 0 unspecified atom stereocenters. The Kier molecular flexibility index (Phi) is 2.02. The van der Waals surface area contributed by atoms with Crippen molar-refractivity contribution in [2.24, 2.45) is 5.73 Å². The fourth-order valence-electron chi connectivity index (χ4n) is 1.11. The second-order valence-corrected chi connectivity index (χ2v) is 2.76. The third kappa shape index (κ3) is 1.64. The summed E-state index contributed by atoms with van der Waals surface area (Å²) in [7, 11) is 0. The summed E-state index contributed by atoms with van der Waals surface area (Å²) in [5.74, 6) is -0.141. The molecule has 0 aliphatic heterocycles. The van der Waals surface area contributed by atoms with E-state index in [-0.39, 0.29) is 0 Å². The smallest absolute Gasteiger partial charge is 0.241 e. The van der Waals surface area contributed by atoms with Crippen molar-refractivity contribution in [2.75, 3.05) is 0 Å². The van der Waals surface area contributed by atoms with Gasteiger partial charge in [-0.25, -0.2) is 4.98 Å². The first-order chi connectivity index (χ1) is 6.75. The molecule has 0 atom stereocenters. The molecule has 2 N–H and O–H groups in total. The van der Waals surface area contributed by atoms with Crippen LogP contribution in [0.2, 0.25) is 0 Å². The standard InChI is InChI=1S/C10H8N2O2/c11-9(13)5-6-10-12-7-3-1-2-4-8(7)14-10/h1-6H,(H2,11,13)/b6-5+. The number of hydrogen-bond donors (Lipinski definition) is 1. The lowest BCUT2D eigenvalue weighted by atomic mass is 10.3. The van der Waals surface area contributed by atoms with Gasteiger partial charge in [0.1, 0.15) is 5.52 Å². The van der Waals surface area contributed by atoms with E-state index in [1.807, 2.05) is 24.3 Å². The zero-order valence-electron chi connectivity index (χ0n) is 7.31. The lowest BCUT2D eigenvalue weighted by Gasteiger charge is -1.80. The summed E-state index contributed by atoms with van der Waals surface area (Å²) in [6.45, 7) is 0. The number of carbonyl (C=O) groups is 1. The monoisotopic (exact) mass is 188 g/mol. The Hall–Kier alpha value is -2.10. The number of carbonyl (C=O) groups excluding carboxylic acids is 1. The normalized spacial score (nSPS) is 11.1. The highest BCUT2D eigenvalue weighted by atomic mass is 16.3. The van der Waals surface area contributed by atoms with Gasteiger partial charge in [-0.05, 0) is 12.1 Å². The maximum absolute atomic E-state index is 10.5. The van der Waals surface area contributed by atoms with Crippen molar-refractivity contribution in [3.05, 3.63) is 36.2 Å². The van der Waals surface area contributed by atoms with Gasteiger partial charge in [-0.3, -0.25) is 4.79 Å². The first-order valence-corrected chi connectivity index (χ1v) is 4.09. The van der Waals surface area contributed by atoms with E-state index in [4.69, 9.17) is 10.2 Å². The van der Waals surface area contributed by atoms with Crippen LogP contribution in [0, 0.1) is 0 Å². The van der Waals surface area contributed by atoms with Gasteiger partial charge in [0.25, 0.3) is 0 Å². The largest absolute Gasteiger partial charge is 0.437 e. The van der Waals surface area contributed by atoms with E-state index < -0.39 is 5.91 Å². The number of benzene rings is 1. The number of hydrogen-bond acceptors (Lipinski definition) is 3. The summed E-state index contributed by atoms with van der Waals surface area (Å²) < 4.78 is 5.31. The number of primary amides is 1. The SMILES string of the molecule is NC(=O)/C=C/c1nc2ccccc2o1. The lowest BCUT2D eigenvalue weighted by Crippen LogP contribution is -2.05. The van der Waals surface area contributed by atoms with Crippen molar-refractivity contribution in [1.29, 1.82) is 0 Å². The Morgan fingerprint density at radius 2 is 2.21 bits per heavy atom. The predicted molar refractivity (Wildman–Crippen MR) is 52.2 cm³/mol. The van der Waals surface area contributed by atoms with Gasteiger partial charge in [-0.1, -0.05) is 12.1 Å². The zero-order valence-corrected chi connectivity index (χ0v) is 7.31. The maximum atomic E-state index is 10.5. The quantitative estimate of drug-likeness (QED) is 0.722. The first kappa shape index (κ1) is 8.50. The molecule has 1 heterocycles. The summed E-state index contributed by atoms with van der Waals surface area (Å²) in [6.07, 6.45) is 2.66. The molecule has 70 valence electrons. The molecule has 0 aliphatic carbocycles. The van der Waals surface area contributed by atoms with Crippen LogP contribution in [0.4, 0.5) is 0 Å². The Morgan fingerprint density at radius 3 is 2.93 bits per heavy atom. The lowest BCUT2D eigenvalue weighted by molar-refractivity contribution is -0.113. The molecule has 0 bridgehead atoms. The third-order valence-electron chi connectivity index (χ3n) is 1.70. The summed E-state index contributed by atoms with van der Waals surface area (Å²) in [5, 5.41) is 0. The van der Waals surface area contributed by atoms with E-state index in [0.29, 0.717) is 11.5 Å². The number of amides is 1. The molecule has 0 aliphatic rings. The number of rotatable bonds is 2. The number of oxazole rings is 1. The van der Waals surface area contributed by atoms with Gasteiger partial charge in [0.15, 0.2) is 5.58 Å². The molecule has 0 fully saturated rings. The first-order valence-electron chi connectivity index (χ1n) is 4.09. The van der Waals surface area contributed by atoms with Crippen LogP contribution < -0.4 is 5.73 Å². The van der Waals surface area contributed by atoms with Crippen LogP contribution in [-0.4, -0.2) is 10.9 Å². The van der Waals surface area contributed by atoms with E-state index in [2.05, 4.69) is 4.98 Å². The van der Waals surface area contributed by atoms with E-state index in [1.165, 1.54) is 12.2 Å². The molecule has 14 heavy (non-hydrogen) atoms. The van der Waals surface area contributed by atoms with Crippen molar-refractivity contribution in [3.8, 4) is 0 Å². The molecule has 0 saturated carbocycles. The van der Waals surface area contributed by atoms with Gasteiger partial charge in [0, 0.05) is 12.2 Å². The number of nitrogens with zero attached hydrogens (tertiary/aromatic N) is 1. The minimum Gasteiger partial charge on any atom is -0.437 e. The van der Waals surface area contributed by atoms with Crippen molar-refractivity contribution < 1.29 is 9.21 Å². The Bertz CT molecular complexity index is 467. The van der Waals surface area contributed by atoms with Gasteiger partial charge in [-0.15, -0.1) is 0 Å². The maximum Gasteiger partial charge on any atom is 0.241 e. The van der Waals surface area contributed by atoms with Gasteiger partial charge >= 0.3 is 0 Å². The molecular formula is C10H8N2O2. The minimum absolute atomic E-state index is 0.380. The van der Waals surface area contributed by atoms with E-state index in [1.54, 1.807) is 0 Å². The van der Waals surface area contributed by atoms with Crippen LogP contribution >= 0.6 is 0 Å². The number of nitrogens with two attached hydrogens (primary N) is 1. The van der Waals surface area contributed by atoms with Crippen molar-refractivity contribution in [2.45, 2.75) is 0 Å². The highest BCUT2D eigenvalue weighted by molar-refractivity contribution is 5.90.